The minimum atomic E-state index is -0.559. The van der Waals surface area contributed by atoms with Gasteiger partial charge in [-0.05, 0) is 97.7 Å². The van der Waals surface area contributed by atoms with Gasteiger partial charge in [-0.2, -0.15) is 0 Å². The fourth-order valence-corrected chi connectivity index (χ4v) is 10.1. The van der Waals surface area contributed by atoms with Crippen molar-refractivity contribution < 1.29 is 4.74 Å². The van der Waals surface area contributed by atoms with Gasteiger partial charge in [-0.25, -0.2) is 0 Å². The number of para-hydroxylation sites is 4. The maximum Gasteiger partial charge on any atom is 0.132 e. The van der Waals surface area contributed by atoms with E-state index in [-0.39, 0.29) is 0 Å². The third-order valence-electron chi connectivity index (χ3n) is 12.8. The second-order valence-corrected chi connectivity index (χ2v) is 16.0. The van der Waals surface area contributed by atoms with Gasteiger partial charge in [0.2, 0.25) is 0 Å². The molecule has 0 unspecified atom stereocenters. The molecule has 1 heterocycles. The van der Waals surface area contributed by atoms with Gasteiger partial charge in [0.15, 0.2) is 0 Å². The standard InChI is InChI=1S/C59H39NO/c1-2-17-40(18-3-1)41-33-36-44(37-34-41)60(56-30-13-8-24-50(56)47-25-16-20-42-19-4-5-21-45(42)47)55-29-12-7-22-46(55)43-35-38-49-48-23-6-9-26-51(48)59(54(49)39-43)52-27-10-14-31-57(52)61-58-32-15-11-28-53(58)59/h1-39H. The van der Waals surface area contributed by atoms with Crippen LogP contribution in [0.25, 0.3) is 55.3 Å². The summed E-state index contributed by atoms with van der Waals surface area (Å²) in [5.74, 6) is 1.79. The highest BCUT2D eigenvalue weighted by Crippen LogP contribution is 2.62. The van der Waals surface area contributed by atoms with Crippen LogP contribution >= 0.6 is 0 Å². The van der Waals surface area contributed by atoms with Gasteiger partial charge < -0.3 is 9.64 Å². The lowest BCUT2D eigenvalue weighted by molar-refractivity contribution is 0.436. The molecule has 0 N–H and O–H groups in total. The molecule has 0 saturated carbocycles. The van der Waals surface area contributed by atoms with Gasteiger partial charge in [0.25, 0.3) is 0 Å². The first kappa shape index (κ1) is 35.0. The Morgan fingerprint density at radius 3 is 1.57 bits per heavy atom. The van der Waals surface area contributed by atoms with Crippen LogP contribution in [-0.4, -0.2) is 0 Å². The largest absolute Gasteiger partial charge is 0.457 e. The van der Waals surface area contributed by atoms with E-state index in [1.165, 1.54) is 55.3 Å². The molecule has 10 aromatic rings. The molecule has 0 atom stereocenters. The van der Waals surface area contributed by atoms with Gasteiger partial charge >= 0.3 is 0 Å². The van der Waals surface area contributed by atoms with Crippen LogP contribution in [-0.2, 0) is 5.41 Å². The average molecular weight is 778 g/mol. The summed E-state index contributed by atoms with van der Waals surface area (Å²) in [7, 11) is 0. The van der Waals surface area contributed by atoms with E-state index < -0.39 is 5.41 Å². The highest BCUT2D eigenvalue weighted by atomic mass is 16.5. The number of anilines is 3. The molecule has 286 valence electrons. The first-order chi connectivity index (χ1) is 30.3. The zero-order chi connectivity index (χ0) is 40.3. The lowest BCUT2D eigenvalue weighted by Crippen LogP contribution is -2.32. The van der Waals surface area contributed by atoms with Gasteiger partial charge in [0.1, 0.15) is 11.5 Å². The van der Waals surface area contributed by atoms with Crippen molar-refractivity contribution in [2.75, 3.05) is 4.90 Å². The molecule has 10 aromatic carbocycles. The monoisotopic (exact) mass is 777 g/mol. The SMILES string of the molecule is c1ccc(-c2ccc(N(c3ccccc3-c3ccc4c(c3)C3(c5ccccc5Oc5ccccc53)c3ccccc3-4)c3ccccc3-c3cccc4ccccc34)cc2)cc1. The normalized spacial score (nSPS) is 12.9. The fraction of sp³-hybridized carbons (Fsp3) is 0.0169. The van der Waals surface area contributed by atoms with Crippen LogP contribution in [0.3, 0.4) is 0 Å². The van der Waals surface area contributed by atoms with Gasteiger partial charge in [-0.1, -0.05) is 194 Å². The fourth-order valence-electron chi connectivity index (χ4n) is 10.1. The summed E-state index contributed by atoms with van der Waals surface area (Å²) in [6, 6.07) is 85.9. The molecule has 0 saturated heterocycles. The van der Waals surface area contributed by atoms with Gasteiger partial charge in [-0.3, -0.25) is 0 Å². The minimum Gasteiger partial charge on any atom is -0.457 e. The quantitative estimate of drug-likeness (QED) is 0.167. The average Bonchev–Trinajstić information content (AvgIpc) is 3.62. The van der Waals surface area contributed by atoms with Crippen LogP contribution in [0.4, 0.5) is 17.1 Å². The Bertz CT molecular complexity index is 3240. The maximum absolute atomic E-state index is 6.66. The first-order valence-electron chi connectivity index (χ1n) is 21.0. The van der Waals surface area contributed by atoms with Crippen molar-refractivity contribution in [1.29, 1.82) is 0 Å². The van der Waals surface area contributed by atoms with Crippen LogP contribution in [0.2, 0.25) is 0 Å². The van der Waals surface area contributed by atoms with E-state index in [4.69, 9.17) is 4.74 Å². The van der Waals surface area contributed by atoms with E-state index in [2.05, 4.69) is 241 Å². The molecule has 1 aliphatic carbocycles. The number of fused-ring (bicyclic) bond motifs is 10. The topological polar surface area (TPSA) is 12.5 Å². The molecule has 0 amide bonds. The number of benzene rings is 10. The Morgan fingerprint density at radius 1 is 0.311 bits per heavy atom. The third kappa shape index (κ3) is 5.43. The molecule has 2 nitrogen and oxygen atoms in total. The van der Waals surface area contributed by atoms with E-state index in [1.54, 1.807) is 0 Å². The molecule has 0 aromatic heterocycles. The van der Waals surface area contributed by atoms with Crippen molar-refractivity contribution >= 4 is 27.8 Å². The number of hydrogen-bond donors (Lipinski definition) is 0. The third-order valence-corrected chi connectivity index (χ3v) is 12.8. The lowest BCUT2D eigenvalue weighted by atomic mass is 9.66. The molecule has 2 heteroatoms. The number of ether oxygens (including phenoxy) is 1. The molecular formula is C59H39NO. The van der Waals surface area contributed by atoms with Crippen molar-refractivity contribution in [3.05, 3.63) is 259 Å². The van der Waals surface area contributed by atoms with Crippen molar-refractivity contribution in [3.8, 4) is 56.0 Å². The summed E-state index contributed by atoms with van der Waals surface area (Å²) >= 11 is 0. The van der Waals surface area contributed by atoms with Crippen LogP contribution < -0.4 is 9.64 Å². The summed E-state index contributed by atoms with van der Waals surface area (Å²) in [5, 5.41) is 2.45. The van der Waals surface area contributed by atoms with Gasteiger partial charge in [0, 0.05) is 27.9 Å². The zero-order valence-corrected chi connectivity index (χ0v) is 33.4. The molecular weight excluding hydrogens is 739 g/mol. The Labute approximate surface area is 356 Å². The number of rotatable bonds is 6. The van der Waals surface area contributed by atoms with E-state index in [9.17, 15) is 0 Å². The lowest BCUT2D eigenvalue weighted by Gasteiger charge is -2.39. The molecule has 61 heavy (non-hydrogen) atoms. The maximum atomic E-state index is 6.66. The molecule has 2 aliphatic rings. The molecule has 0 radical (unpaired) electrons. The van der Waals surface area contributed by atoms with E-state index in [1.807, 2.05) is 0 Å². The summed E-state index contributed by atoms with van der Waals surface area (Å²) < 4.78 is 6.66. The minimum absolute atomic E-state index is 0.559. The van der Waals surface area contributed by atoms with Crippen LogP contribution in [0.1, 0.15) is 22.3 Å². The van der Waals surface area contributed by atoms with Crippen molar-refractivity contribution in [1.82, 2.24) is 0 Å². The van der Waals surface area contributed by atoms with Crippen molar-refractivity contribution in [3.63, 3.8) is 0 Å². The summed E-state index contributed by atoms with van der Waals surface area (Å²) in [6.45, 7) is 0. The molecule has 0 fully saturated rings. The first-order valence-corrected chi connectivity index (χ1v) is 21.0. The Kier molecular flexibility index (Phi) is 8.11. The predicted octanol–water partition coefficient (Wildman–Crippen LogP) is 15.8. The molecule has 1 spiro atoms. The smallest absolute Gasteiger partial charge is 0.132 e. The Balaban J connectivity index is 1.10. The Morgan fingerprint density at radius 2 is 0.820 bits per heavy atom. The highest BCUT2D eigenvalue weighted by molar-refractivity contribution is 6.03. The zero-order valence-electron chi connectivity index (χ0n) is 33.4. The van der Waals surface area contributed by atoms with Crippen molar-refractivity contribution in [2.24, 2.45) is 0 Å². The number of hydrogen-bond acceptors (Lipinski definition) is 2. The Hall–Kier alpha value is -7.94. The van der Waals surface area contributed by atoms with E-state index in [0.29, 0.717) is 0 Å². The summed E-state index contributed by atoms with van der Waals surface area (Å²) in [6.07, 6.45) is 0. The van der Waals surface area contributed by atoms with Crippen LogP contribution in [0.5, 0.6) is 11.5 Å². The number of nitrogens with zero attached hydrogens (tertiary/aromatic N) is 1. The molecule has 1 aliphatic heterocycles. The van der Waals surface area contributed by atoms with Crippen LogP contribution in [0.15, 0.2) is 237 Å². The van der Waals surface area contributed by atoms with E-state index >= 15 is 0 Å². The van der Waals surface area contributed by atoms with E-state index in [0.717, 1.165) is 50.8 Å². The highest BCUT2D eigenvalue weighted by Gasteiger charge is 2.51. The van der Waals surface area contributed by atoms with Gasteiger partial charge in [-0.15, -0.1) is 0 Å². The summed E-state index contributed by atoms with van der Waals surface area (Å²) in [4.78, 5) is 2.46. The van der Waals surface area contributed by atoms with Gasteiger partial charge in [0.05, 0.1) is 16.8 Å². The molecule has 12 rings (SSSR count). The van der Waals surface area contributed by atoms with Crippen LogP contribution in [0, 0.1) is 0 Å². The molecule has 0 bridgehead atoms. The summed E-state index contributed by atoms with van der Waals surface area (Å²) in [5.41, 5.74) is 17.1. The second kappa shape index (κ2) is 14.1. The van der Waals surface area contributed by atoms with Crippen molar-refractivity contribution in [2.45, 2.75) is 5.41 Å². The second-order valence-electron chi connectivity index (χ2n) is 16.0. The predicted molar refractivity (Wildman–Crippen MR) is 252 cm³/mol.